The van der Waals surface area contributed by atoms with Crippen molar-refractivity contribution in [1.29, 1.82) is 5.26 Å². The third-order valence-electron chi connectivity index (χ3n) is 3.12. The first-order valence-corrected chi connectivity index (χ1v) is 6.69. The Balaban J connectivity index is 0.00000264. The van der Waals surface area contributed by atoms with E-state index in [4.69, 9.17) is 5.26 Å². The van der Waals surface area contributed by atoms with Crippen LogP contribution in [-0.2, 0) is 4.79 Å². The van der Waals surface area contributed by atoms with E-state index in [1.54, 1.807) is 6.07 Å². The van der Waals surface area contributed by atoms with Gasteiger partial charge in [-0.3, -0.25) is 9.78 Å². The van der Waals surface area contributed by atoms with Crippen LogP contribution >= 0.6 is 13.5 Å². The molecule has 6 heteroatoms. The van der Waals surface area contributed by atoms with Gasteiger partial charge in [0, 0.05) is 11.8 Å². The molecule has 1 heterocycles. The van der Waals surface area contributed by atoms with Crippen molar-refractivity contribution in [3.8, 4) is 6.07 Å². The number of benzene rings is 1. The molecule has 0 fully saturated rings. The third-order valence-corrected chi connectivity index (χ3v) is 3.12. The number of nitriles is 1. The molecule has 0 aliphatic carbocycles. The van der Waals surface area contributed by atoms with Gasteiger partial charge in [-0.05, 0) is 24.6 Å². The van der Waals surface area contributed by atoms with Crippen LogP contribution in [0.5, 0.6) is 0 Å². The molecular weight excluding hydrogens is 313 g/mol. The minimum absolute atomic E-state index is 0. The number of halogens is 1. The topological polar surface area (TPSA) is 65.8 Å². The molecule has 0 saturated heterocycles. The summed E-state index contributed by atoms with van der Waals surface area (Å²) >= 11 is 0. The normalized spacial score (nSPS) is 11.8. The number of nitrogens with one attached hydrogen (secondary N) is 1. The summed E-state index contributed by atoms with van der Waals surface area (Å²) in [4.78, 5) is 15.8. The quantitative estimate of drug-likeness (QED) is 0.692. The van der Waals surface area contributed by atoms with Gasteiger partial charge in [-0.25, -0.2) is 4.39 Å². The molecule has 118 valence electrons. The maximum absolute atomic E-state index is 13.5. The fraction of sp³-hybridized carbons (Fsp3) is 0.118. The SMILES string of the molecule is C[C@H](NC(=O)/C(C#N)=C/c1ccncc1F)c1ccccc1.S. The third kappa shape index (κ3) is 4.94. The Morgan fingerprint density at radius 3 is 2.65 bits per heavy atom. The highest BCUT2D eigenvalue weighted by Crippen LogP contribution is 2.14. The van der Waals surface area contributed by atoms with Gasteiger partial charge in [0.15, 0.2) is 0 Å². The fourth-order valence-electron chi connectivity index (χ4n) is 1.91. The van der Waals surface area contributed by atoms with Crippen LogP contribution in [0.25, 0.3) is 6.08 Å². The van der Waals surface area contributed by atoms with E-state index >= 15 is 0 Å². The van der Waals surface area contributed by atoms with Crippen LogP contribution in [0.2, 0.25) is 0 Å². The Bertz CT molecular complexity index is 741. The van der Waals surface area contributed by atoms with Gasteiger partial charge in [0.2, 0.25) is 0 Å². The summed E-state index contributed by atoms with van der Waals surface area (Å²) in [5, 5.41) is 11.8. The molecule has 0 radical (unpaired) electrons. The molecule has 0 aliphatic rings. The average Bonchev–Trinajstić information content (AvgIpc) is 2.54. The first kappa shape index (κ1) is 18.4. The van der Waals surface area contributed by atoms with Gasteiger partial charge >= 0.3 is 0 Å². The number of pyridine rings is 1. The van der Waals surface area contributed by atoms with E-state index in [2.05, 4.69) is 10.3 Å². The summed E-state index contributed by atoms with van der Waals surface area (Å²) in [7, 11) is 0. The number of amides is 1. The number of carbonyl (C=O) groups excluding carboxylic acids is 1. The summed E-state index contributed by atoms with van der Waals surface area (Å²) in [6.07, 6.45) is 3.64. The van der Waals surface area contributed by atoms with Crippen molar-refractivity contribution >= 4 is 25.5 Å². The molecule has 4 nitrogen and oxygen atoms in total. The number of hydrogen-bond acceptors (Lipinski definition) is 3. The zero-order chi connectivity index (χ0) is 15.9. The molecule has 23 heavy (non-hydrogen) atoms. The van der Waals surface area contributed by atoms with E-state index < -0.39 is 11.7 Å². The van der Waals surface area contributed by atoms with E-state index in [1.807, 2.05) is 37.3 Å². The van der Waals surface area contributed by atoms with Crippen LogP contribution in [0.4, 0.5) is 4.39 Å². The second-order valence-electron chi connectivity index (χ2n) is 4.67. The average molecular weight is 329 g/mol. The first-order chi connectivity index (χ1) is 10.6. The predicted molar refractivity (Wildman–Crippen MR) is 91.2 cm³/mol. The van der Waals surface area contributed by atoms with Crippen LogP contribution in [0.3, 0.4) is 0 Å². The minimum atomic E-state index is -0.584. The van der Waals surface area contributed by atoms with E-state index in [9.17, 15) is 9.18 Å². The number of hydrogen-bond donors (Lipinski definition) is 1. The number of nitrogens with zero attached hydrogens (tertiary/aromatic N) is 2. The molecule has 0 aliphatic heterocycles. The zero-order valence-corrected chi connectivity index (χ0v) is 13.5. The highest BCUT2D eigenvalue weighted by molar-refractivity contribution is 7.59. The van der Waals surface area contributed by atoms with Gasteiger partial charge < -0.3 is 5.32 Å². The molecule has 1 N–H and O–H groups in total. The van der Waals surface area contributed by atoms with Crippen molar-refractivity contribution < 1.29 is 9.18 Å². The summed E-state index contributed by atoms with van der Waals surface area (Å²) in [6.45, 7) is 1.81. The summed E-state index contributed by atoms with van der Waals surface area (Å²) in [5.74, 6) is -1.13. The lowest BCUT2D eigenvalue weighted by atomic mass is 10.1. The molecule has 1 aromatic heterocycles. The van der Waals surface area contributed by atoms with E-state index in [1.165, 1.54) is 18.3 Å². The largest absolute Gasteiger partial charge is 0.345 e. The molecular formula is C17H16FN3OS. The Morgan fingerprint density at radius 2 is 2.04 bits per heavy atom. The van der Waals surface area contributed by atoms with Crippen LogP contribution in [-0.4, -0.2) is 10.9 Å². The van der Waals surface area contributed by atoms with E-state index in [0.29, 0.717) is 0 Å². The second-order valence-corrected chi connectivity index (χ2v) is 4.67. The monoisotopic (exact) mass is 329 g/mol. The van der Waals surface area contributed by atoms with Crippen molar-refractivity contribution in [3.05, 3.63) is 71.3 Å². The smallest absolute Gasteiger partial charge is 0.262 e. The summed E-state index contributed by atoms with van der Waals surface area (Å²) < 4.78 is 13.5. The van der Waals surface area contributed by atoms with Crippen LogP contribution < -0.4 is 5.32 Å². The molecule has 1 amide bonds. The predicted octanol–water partition coefficient (Wildman–Crippen LogP) is 3.12. The Kier molecular flexibility index (Phi) is 6.97. The first-order valence-electron chi connectivity index (χ1n) is 6.69. The van der Waals surface area contributed by atoms with E-state index in [0.717, 1.165) is 11.8 Å². The lowest BCUT2D eigenvalue weighted by molar-refractivity contribution is -0.117. The lowest BCUT2D eigenvalue weighted by Gasteiger charge is -2.13. The zero-order valence-electron chi connectivity index (χ0n) is 12.5. The second kappa shape index (κ2) is 8.71. The molecule has 1 atom stereocenters. The molecule has 0 saturated carbocycles. The number of aromatic nitrogens is 1. The molecule has 0 unspecified atom stereocenters. The molecule has 0 spiro atoms. The van der Waals surface area contributed by atoms with Crippen molar-refractivity contribution in [2.45, 2.75) is 13.0 Å². The van der Waals surface area contributed by atoms with Crippen LogP contribution in [0.15, 0.2) is 54.4 Å². The Labute approximate surface area is 141 Å². The van der Waals surface area contributed by atoms with Crippen molar-refractivity contribution in [2.24, 2.45) is 0 Å². The fourth-order valence-corrected chi connectivity index (χ4v) is 1.91. The molecule has 1 aromatic carbocycles. The van der Waals surface area contributed by atoms with Gasteiger partial charge in [-0.2, -0.15) is 18.8 Å². The number of carbonyl (C=O) groups is 1. The molecule has 2 aromatic rings. The molecule has 2 rings (SSSR count). The lowest BCUT2D eigenvalue weighted by Crippen LogP contribution is -2.27. The highest BCUT2D eigenvalue weighted by Gasteiger charge is 2.14. The summed E-state index contributed by atoms with van der Waals surface area (Å²) in [5.41, 5.74) is 0.908. The van der Waals surface area contributed by atoms with Crippen molar-refractivity contribution in [2.75, 3.05) is 0 Å². The van der Waals surface area contributed by atoms with Gasteiger partial charge in [0.1, 0.15) is 17.5 Å². The van der Waals surface area contributed by atoms with Gasteiger partial charge in [0.25, 0.3) is 5.91 Å². The van der Waals surface area contributed by atoms with Gasteiger partial charge in [-0.15, -0.1) is 0 Å². The maximum atomic E-state index is 13.5. The maximum Gasteiger partial charge on any atom is 0.262 e. The van der Waals surface area contributed by atoms with E-state index in [-0.39, 0.29) is 30.7 Å². The summed E-state index contributed by atoms with van der Waals surface area (Å²) in [6, 6.07) is 12.3. The van der Waals surface area contributed by atoms with Crippen LogP contribution in [0, 0.1) is 17.1 Å². The Hall–Kier alpha value is -2.65. The van der Waals surface area contributed by atoms with Crippen molar-refractivity contribution in [3.63, 3.8) is 0 Å². The van der Waals surface area contributed by atoms with Crippen LogP contribution in [0.1, 0.15) is 24.1 Å². The Morgan fingerprint density at radius 1 is 1.35 bits per heavy atom. The van der Waals surface area contributed by atoms with Gasteiger partial charge in [-0.1, -0.05) is 30.3 Å². The standard InChI is InChI=1S/C17H14FN3O.H2S/c1-12(13-5-3-2-4-6-13)21-17(22)15(10-19)9-14-7-8-20-11-16(14)18;/h2-9,11-12H,1H3,(H,21,22);1H2/b15-9+;/t12-;/m0./s1. The molecule has 0 bridgehead atoms. The van der Waals surface area contributed by atoms with Crippen molar-refractivity contribution in [1.82, 2.24) is 10.3 Å². The van der Waals surface area contributed by atoms with Gasteiger partial charge in [0.05, 0.1) is 12.2 Å². The number of rotatable bonds is 4. The highest BCUT2D eigenvalue weighted by atomic mass is 32.1. The minimum Gasteiger partial charge on any atom is -0.345 e.